The van der Waals surface area contributed by atoms with Gasteiger partial charge in [0.2, 0.25) is 0 Å². The van der Waals surface area contributed by atoms with Crippen LogP contribution in [-0.4, -0.2) is 30.1 Å². The van der Waals surface area contributed by atoms with Crippen molar-refractivity contribution >= 4 is 0 Å². The lowest BCUT2D eigenvalue weighted by atomic mass is 9.83. The van der Waals surface area contributed by atoms with Crippen LogP contribution in [0.15, 0.2) is 12.2 Å². The van der Waals surface area contributed by atoms with Crippen molar-refractivity contribution < 1.29 is 0 Å². The third-order valence-electron chi connectivity index (χ3n) is 4.32. The largest absolute Gasteiger partial charge is 0.300 e. The number of rotatable bonds is 3. The predicted octanol–water partition coefficient (Wildman–Crippen LogP) is 1.27. The standard InChI is InChI=1S/C12H23N3/c1-8(2)12(14-13)9-6-10-4-5-11(7-9)15(10)3/h9-12,14H,1,4-7,13H2,2-3H3. The quantitative estimate of drug-likeness (QED) is 0.418. The number of nitrogens with two attached hydrogens (primary N) is 1. The maximum atomic E-state index is 5.63. The average Bonchev–Trinajstić information content (AvgIpc) is 2.43. The average molecular weight is 209 g/mol. The Bertz CT molecular complexity index is 237. The van der Waals surface area contributed by atoms with Crippen LogP contribution in [0, 0.1) is 5.92 Å². The molecule has 0 aromatic heterocycles. The van der Waals surface area contributed by atoms with Crippen LogP contribution in [0.2, 0.25) is 0 Å². The molecule has 2 aliphatic rings. The lowest BCUT2D eigenvalue weighted by Gasteiger charge is -2.39. The van der Waals surface area contributed by atoms with Crippen molar-refractivity contribution in [1.29, 1.82) is 0 Å². The summed E-state index contributed by atoms with van der Waals surface area (Å²) in [5.74, 6) is 6.31. The van der Waals surface area contributed by atoms with Crippen LogP contribution < -0.4 is 11.3 Å². The van der Waals surface area contributed by atoms with E-state index in [4.69, 9.17) is 5.84 Å². The highest BCUT2D eigenvalue weighted by atomic mass is 15.2. The van der Waals surface area contributed by atoms with E-state index in [1.54, 1.807) is 0 Å². The Labute approximate surface area is 92.7 Å². The number of hydrazine groups is 1. The number of nitrogens with zero attached hydrogens (tertiary/aromatic N) is 1. The maximum Gasteiger partial charge on any atom is 0.0443 e. The molecule has 2 fully saturated rings. The molecule has 0 radical (unpaired) electrons. The summed E-state index contributed by atoms with van der Waals surface area (Å²) in [6.07, 6.45) is 5.28. The van der Waals surface area contributed by atoms with Crippen molar-refractivity contribution in [3.8, 4) is 0 Å². The Morgan fingerprint density at radius 1 is 1.40 bits per heavy atom. The van der Waals surface area contributed by atoms with Gasteiger partial charge in [-0.05, 0) is 45.6 Å². The molecule has 0 aromatic carbocycles. The summed E-state index contributed by atoms with van der Waals surface area (Å²) in [4.78, 5) is 2.56. The molecule has 0 spiro atoms. The highest BCUT2D eigenvalue weighted by Crippen LogP contribution is 2.39. The summed E-state index contributed by atoms with van der Waals surface area (Å²) in [7, 11) is 2.27. The van der Waals surface area contributed by atoms with Crippen LogP contribution in [0.4, 0.5) is 0 Å². The third-order valence-corrected chi connectivity index (χ3v) is 4.32. The van der Waals surface area contributed by atoms with Crippen LogP contribution in [-0.2, 0) is 0 Å². The molecular weight excluding hydrogens is 186 g/mol. The molecule has 0 amide bonds. The van der Waals surface area contributed by atoms with Gasteiger partial charge < -0.3 is 4.90 Å². The lowest BCUT2D eigenvalue weighted by Crippen LogP contribution is -2.49. The number of hydrogen-bond donors (Lipinski definition) is 2. The van der Waals surface area contributed by atoms with Crippen molar-refractivity contribution in [2.24, 2.45) is 11.8 Å². The van der Waals surface area contributed by atoms with Crippen LogP contribution in [0.5, 0.6) is 0 Å². The molecule has 2 saturated heterocycles. The van der Waals surface area contributed by atoms with E-state index in [2.05, 4.69) is 30.9 Å². The molecule has 2 rings (SSSR count). The van der Waals surface area contributed by atoms with E-state index < -0.39 is 0 Å². The summed E-state index contributed by atoms with van der Waals surface area (Å²) < 4.78 is 0. The van der Waals surface area contributed by atoms with E-state index in [1.807, 2.05) is 0 Å². The lowest BCUT2D eigenvalue weighted by molar-refractivity contribution is 0.119. The fourth-order valence-corrected chi connectivity index (χ4v) is 3.41. The zero-order valence-electron chi connectivity index (χ0n) is 9.87. The minimum Gasteiger partial charge on any atom is -0.300 e. The van der Waals surface area contributed by atoms with E-state index in [1.165, 1.54) is 31.3 Å². The Hall–Kier alpha value is -0.380. The van der Waals surface area contributed by atoms with Crippen molar-refractivity contribution in [3.63, 3.8) is 0 Å². The molecule has 0 aliphatic carbocycles. The van der Waals surface area contributed by atoms with Gasteiger partial charge in [0.15, 0.2) is 0 Å². The molecule has 0 saturated carbocycles. The number of hydrogen-bond acceptors (Lipinski definition) is 3. The van der Waals surface area contributed by atoms with Gasteiger partial charge in [-0.1, -0.05) is 12.2 Å². The number of fused-ring (bicyclic) bond motifs is 2. The topological polar surface area (TPSA) is 41.3 Å². The van der Waals surface area contributed by atoms with Gasteiger partial charge in [-0.15, -0.1) is 0 Å². The maximum absolute atomic E-state index is 5.63. The second-order valence-corrected chi connectivity index (χ2v) is 5.27. The van der Waals surface area contributed by atoms with Gasteiger partial charge in [0.1, 0.15) is 0 Å². The molecule has 3 unspecified atom stereocenters. The predicted molar refractivity (Wildman–Crippen MR) is 63.2 cm³/mol. The smallest absolute Gasteiger partial charge is 0.0443 e. The zero-order valence-corrected chi connectivity index (χ0v) is 9.87. The van der Waals surface area contributed by atoms with Gasteiger partial charge in [0, 0.05) is 18.1 Å². The van der Waals surface area contributed by atoms with E-state index in [0.717, 1.165) is 12.1 Å². The van der Waals surface area contributed by atoms with Crippen molar-refractivity contribution in [1.82, 2.24) is 10.3 Å². The molecule has 2 bridgehead atoms. The fraction of sp³-hybridized carbons (Fsp3) is 0.833. The number of nitrogens with one attached hydrogen (secondary N) is 1. The number of piperidine rings is 1. The highest BCUT2D eigenvalue weighted by Gasteiger charge is 2.40. The van der Waals surface area contributed by atoms with Crippen LogP contribution in [0.3, 0.4) is 0 Å². The van der Waals surface area contributed by atoms with Gasteiger partial charge in [-0.25, -0.2) is 0 Å². The minimum absolute atomic E-state index is 0.307. The Morgan fingerprint density at radius 3 is 2.33 bits per heavy atom. The summed E-state index contributed by atoms with van der Waals surface area (Å²) in [6.45, 7) is 6.11. The van der Waals surface area contributed by atoms with Crippen LogP contribution in [0.25, 0.3) is 0 Å². The molecular formula is C12H23N3. The molecule has 2 heterocycles. The summed E-state index contributed by atoms with van der Waals surface area (Å²) in [5, 5.41) is 0. The summed E-state index contributed by atoms with van der Waals surface area (Å²) in [6, 6.07) is 1.87. The van der Waals surface area contributed by atoms with Crippen molar-refractivity contribution in [2.45, 2.75) is 50.7 Å². The van der Waals surface area contributed by atoms with Gasteiger partial charge >= 0.3 is 0 Å². The minimum atomic E-state index is 0.307. The summed E-state index contributed by atoms with van der Waals surface area (Å²) in [5.41, 5.74) is 4.11. The first-order chi connectivity index (χ1) is 7.13. The van der Waals surface area contributed by atoms with Crippen molar-refractivity contribution in [3.05, 3.63) is 12.2 Å². The molecule has 0 aromatic rings. The van der Waals surface area contributed by atoms with Gasteiger partial charge in [-0.2, -0.15) is 0 Å². The Morgan fingerprint density at radius 2 is 1.93 bits per heavy atom. The third kappa shape index (κ3) is 1.96. The van der Waals surface area contributed by atoms with Crippen LogP contribution in [0.1, 0.15) is 32.6 Å². The monoisotopic (exact) mass is 209 g/mol. The second kappa shape index (κ2) is 4.24. The summed E-state index contributed by atoms with van der Waals surface area (Å²) >= 11 is 0. The Kier molecular flexibility index (Phi) is 3.14. The molecule has 2 aliphatic heterocycles. The van der Waals surface area contributed by atoms with E-state index in [0.29, 0.717) is 12.0 Å². The first-order valence-corrected chi connectivity index (χ1v) is 5.97. The first-order valence-electron chi connectivity index (χ1n) is 5.97. The first kappa shape index (κ1) is 11.1. The van der Waals surface area contributed by atoms with Gasteiger partial charge in [0.25, 0.3) is 0 Å². The highest BCUT2D eigenvalue weighted by molar-refractivity contribution is 5.07. The van der Waals surface area contributed by atoms with Crippen LogP contribution >= 0.6 is 0 Å². The molecule has 3 nitrogen and oxygen atoms in total. The van der Waals surface area contributed by atoms with E-state index in [9.17, 15) is 0 Å². The molecule has 15 heavy (non-hydrogen) atoms. The molecule has 3 heteroatoms. The molecule has 3 atom stereocenters. The Balaban J connectivity index is 2.04. The molecule has 3 N–H and O–H groups in total. The van der Waals surface area contributed by atoms with E-state index in [-0.39, 0.29) is 0 Å². The van der Waals surface area contributed by atoms with Gasteiger partial charge in [0.05, 0.1) is 0 Å². The second-order valence-electron chi connectivity index (χ2n) is 5.27. The zero-order chi connectivity index (χ0) is 11.0. The normalized spacial score (nSPS) is 37.9. The van der Waals surface area contributed by atoms with Gasteiger partial charge in [-0.3, -0.25) is 11.3 Å². The SMILES string of the molecule is C=C(C)C(NN)C1CC2CCC(C1)N2C. The molecule has 86 valence electrons. The van der Waals surface area contributed by atoms with Crippen molar-refractivity contribution in [2.75, 3.05) is 7.05 Å². The fourth-order valence-electron chi connectivity index (χ4n) is 3.41. The van der Waals surface area contributed by atoms with E-state index >= 15 is 0 Å².